The van der Waals surface area contributed by atoms with Gasteiger partial charge in [0.05, 0.1) is 18.2 Å². The molecule has 3 rings (SSSR count). The molecule has 2 aromatic carbocycles. The molecule has 0 aliphatic carbocycles. The highest BCUT2D eigenvalue weighted by atomic mass is 35.5. The van der Waals surface area contributed by atoms with Crippen LogP contribution in [0.4, 0.5) is 10.1 Å². The summed E-state index contributed by atoms with van der Waals surface area (Å²) in [5.74, 6) is -0.822. The van der Waals surface area contributed by atoms with Gasteiger partial charge in [-0.25, -0.2) is 9.29 Å². The molecule has 1 aliphatic rings. The van der Waals surface area contributed by atoms with Gasteiger partial charge < -0.3 is 5.32 Å². The van der Waals surface area contributed by atoms with Crippen molar-refractivity contribution in [2.45, 2.75) is 18.9 Å². The summed E-state index contributed by atoms with van der Waals surface area (Å²) in [5.41, 5.74) is 1.09. The third kappa shape index (κ3) is 3.47. The van der Waals surface area contributed by atoms with Gasteiger partial charge >= 0.3 is 0 Å². The quantitative estimate of drug-likeness (QED) is 0.847. The van der Waals surface area contributed by atoms with Crippen LogP contribution in [0.25, 0.3) is 0 Å². The number of carbonyl (C=O) groups excluding carboxylic acids is 2. The Morgan fingerprint density at radius 3 is 2.54 bits per heavy atom. The number of rotatable bonds is 5. The minimum Gasteiger partial charge on any atom is -0.305 e. The van der Waals surface area contributed by atoms with E-state index in [0.717, 1.165) is 4.90 Å². The molecule has 1 aliphatic heterocycles. The van der Waals surface area contributed by atoms with Crippen molar-refractivity contribution in [3.63, 3.8) is 0 Å². The summed E-state index contributed by atoms with van der Waals surface area (Å²) in [5, 5.41) is 3.58. The summed E-state index contributed by atoms with van der Waals surface area (Å²) in [4.78, 5) is 25.7. The van der Waals surface area contributed by atoms with E-state index < -0.39 is 6.04 Å². The molecule has 4 nitrogen and oxygen atoms in total. The molecule has 2 amide bonds. The van der Waals surface area contributed by atoms with Gasteiger partial charge in [0.15, 0.2) is 0 Å². The van der Waals surface area contributed by atoms with Gasteiger partial charge in [-0.3, -0.25) is 9.59 Å². The predicted octanol–water partition coefficient (Wildman–Crippen LogP) is 2.94. The van der Waals surface area contributed by atoms with Gasteiger partial charge in [0.1, 0.15) is 5.82 Å². The number of benzene rings is 2. The molecule has 1 atom stereocenters. The fourth-order valence-corrected chi connectivity index (χ4v) is 2.86. The predicted molar refractivity (Wildman–Crippen MR) is 90.5 cm³/mol. The minimum absolute atomic E-state index is 0.0960. The van der Waals surface area contributed by atoms with Gasteiger partial charge in [0.25, 0.3) is 5.91 Å². The van der Waals surface area contributed by atoms with E-state index in [-0.39, 0.29) is 24.1 Å². The van der Waals surface area contributed by atoms with Gasteiger partial charge in [-0.15, -0.1) is 0 Å². The number of carbonyl (C=O) groups is 2. The lowest BCUT2D eigenvalue weighted by Crippen LogP contribution is -2.39. The third-order valence-electron chi connectivity index (χ3n) is 3.97. The van der Waals surface area contributed by atoms with Crippen molar-refractivity contribution in [1.82, 2.24) is 5.32 Å². The highest BCUT2D eigenvalue weighted by Gasteiger charge is 2.39. The van der Waals surface area contributed by atoms with Crippen molar-refractivity contribution in [2.24, 2.45) is 0 Å². The fraction of sp³-hybridized carbons (Fsp3) is 0.222. The Labute approximate surface area is 144 Å². The first-order valence-electron chi connectivity index (χ1n) is 7.65. The summed E-state index contributed by atoms with van der Waals surface area (Å²) in [6, 6.07) is 12.5. The first-order chi connectivity index (χ1) is 11.6. The highest BCUT2D eigenvalue weighted by Crippen LogP contribution is 2.24. The van der Waals surface area contributed by atoms with Crippen LogP contribution in [0.5, 0.6) is 0 Å². The molecule has 6 heteroatoms. The largest absolute Gasteiger partial charge is 0.305 e. The molecular formula is C18H16ClFN2O2. The molecule has 2 aromatic rings. The van der Waals surface area contributed by atoms with Crippen molar-refractivity contribution in [1.29, 1.82) is 0 Å². The molecule has 124 valence electrons. The molecule has 1 fully saturated rings. The SMILES string of the molecule is O=C1CC(NCCc2ccccc2F)C(=O)N1c1ccc(Cl)cc1. The van der Waals surface area contributed by atoms with E-state index in [9.17, 15) is 14.0 Å². The Bertz CT molecular complexity index is 764. The maximum Gasteiger partial charge on any atom is 0.251 e. The molecular weight excluding hydrogens is 331 g/mol. The molecule has 0 bridgehead atoms. The summed E-state index contributed by atoms with van der Waals surface area (Å²) in [7, 11) is 0. The van der Waals surface area contributed by atoms with E-state index in [1.54, 1.807) is 42.5 Å². The van der Waals surface area contributed by atoms with Crippen molar-refractivity contribution < 1.29 is 14.0 Å². The summed E-state index contributed by atoms with van der Waals surface area (Å²) in [6.45, 7) is 0.416. The molecule has 1 N–H and O–H groups in total. The molecule has 24 heavy (non-hydrogen) atoms. The van der Waals surface area contributed by atoms with E-state index >= 15 is 0 Å². The Kier molecular flexibility index (Phi) is 4.92. The van der Waals surface area contributed by atoms with Gasteiger partial charge in [0, 0.05) is 11.6 Å². The Morgan fingerprint density at radius 1 is 1.12 bits per heavy atom. The lowest BCUT2D eigenvalue weighted by molar-refractivity contribution is -0.121. The Balaban J connectivity index is 1.62. The molecule has 1 heterocycles. The Morgan fingerprint density at radius 2 is 1.83 bits per heavy atom. The average molecular weight is 347 g/mol. The summed E-state index contributed by atoms with van der Waals surface area (Å²) in [6.07, 6.45) is 0.546. The average Bonchev–Trinajstić information content (AvgIpc) is 2.84. The first-order valence-corrected chi connectivity index (χ1v) is 8.03. The number of amides is 2. The lowest BCUT2D eigenvalue weighted by atomic mass is 10.1. The number of hydrogen-bond acceptors (Lipinski definition) is 3. The number of halogens is 2. The van der Waals surface area contributed by atoms with Crippen molar-refractivity contribution in [3.8, 4) is 0 Å². The van der Waals surface area contributed by atoms with Crippen molar-refractivity contribution in [3.05, 3.63) is 64.9 Å². The normalized spacial score (nSPS) is 17.6. The van der Waals surface area contributed by atoms with Gasteiger partial charge in [-0.1, -0.05) is 29.8 Å². The van der Waals surface area contributed by atoms with Crippen molar-refractivity contribution in [2.75, 3.05) is 11.4 Å². The van der Waals surface area contributed by atoms with Crippen molar-refractivity contribution >= 4 is 29.1 Å². The second kappa shape index (κ2) is 7.11. The van der Waals surface area contributed by atoms with Crippen LogP contribution >= 0.6 is 11.6 Å². The maximum absolute atomic E-state index is 13.6. The molecule has 0 saturated carbocycles. The van der Waals surface area contributed by atoms with Crippen LogP contribution in [0.1, 0.15) is 12.0 Å². The number of anilines is 1. The van der Waals surface area contributed by atoms with Crippen LogP contribution in [-0.4, -0.2) is 24.4 Å². The second-order valence-electron chi connectivity index (χ2n) is 5.60. The van der Waals surface area contributed by atoms with Crippen LogP contribution in [0.3, 0.4) is 0 Å². The fourth-order valence-electron chi connectivity index (χ4n) is 2.74. The number of hydrogen-bond donors (Lipinski definition) is 1. The third-order valence-corrected chi connectivity index (χ3v) is 4.23. The topological polar surface area (TPSA) is 49.4 Å². The summed E-state index contributed by atoms with van der Waals surface area (Å²) < 4.78 is 13.6. The number of nitrogens with zero attached hydrogens (tertiary/aromatic N) is 1. The first kappa shape index (κ1) is 16.6. The molecule has 0 spiro atoms. The second-order valence-corrected chi connectivity index (χ2v) is 6.03. The zero-order valence-corrected chi connectivity index (χ0v) is 13.6. The van der Waals surface area contributed by atoms with Crippen LogP contribution in [0.15, 0.2) is 48.5 Å². The van der Waals surface area contributed by atoms with E-state index in [0.29, 0.717) is 29.2 Å². The van der Waals surface area contributed by atoms with Crippen LogP contribution in [0, 0.1) is 5.82 Å². The molecule has 1 unspecified atom stereocenters. The molecule has 0 radical (unpaired) electrons. The van der Waals surface area contributed by atoms with E-state index in [2.05, 4.69) is 5.32 Å². The van der Waals surface area contributed by atoms with Gasteiger partial charge in [-0.05, 0) is 42.3 Å². The Hall–Kier alpha value is -2.24. The lowest BCUT2D eigenvalue weighted by Gasteiger charge is -2.15. The van der Waals surface area contributed by atoms with E-state index in [1.807, 2.05) is 0 Å². The van der Waals surface area contributed by atoms with Crippen LogP contribution in [-0.2, 0) is 16.0 Å². The molecule has 1 saturated heterocycles. The van der Waals surface area contributed by atoms with E-state index in [4.69, 9.17) is 11.6 Å². The maximum atomic E-state index is 13.6. The van der Waals surface area contributed by atoms with Crippen LogP contribution in [0.2, 0.25) is 5.02 Å². The minimum atomic E-state index is -0.583. The molecule has 0 aromatic heterocycles. The highest BCUT2D eigenvalue weighted by molar-refractivity contribution is 6.30. The van der Waals surface area contributed by atoms with Gasteiger partial charge in [-0.2, -0.15) is 0 Å². The monoisotopic (exact) mass is 346 g/mol. The standard InChI is InChI=1S/C18H16ClFN2O2/c19-13-5-7-14(8-6-13)22-17(23)11-16(18(22)24)21-10-9-12-3-1-2-4-15(12)20/h1-8,16,21H,9-11H2. The smallest absolute Gasteiger partial charge is 0.251 e. The van der Waals surface area contributed by atoms with Gasteiger partial charge in [0.2, 0.25) is 5.91 Å². The summed E-state index contributed by atoms with van der Waals surface area (Å²) >= 11 is 5.83. The number of nitrogens with one attached hydrogen (secondary N) is 1. The van der Waals surface area contributed by atoms with Crippen LogP contribution < -0.4 is 10.2 Å². The zero-order valence-electron chi connectivity index (χ0n) is 12.8. The number of imide groups is 1. The zero-order chi connectivity index (χ0) is 17.1. The van der Waals surface area contributed by atoms with E-state index in [1.165, 1.54) is 6.07 Å².